The Labute approximate surface area is 200 Å². The van der Waals surface area contributed by atoms with Gasteiger partial charge in [0.05, 0.1) is 13.1 Å². The van der Waals surface area contributed by atoms with E-state index in [-0.39, 0.29) is 17.6 Å². The van der Waals surface area contributed by atoms with Gasteiger partial charge in [0, 0.05) is 22.5 Å². The Hall–Kier alpha value is -3.03. The number of hydrogen-bond acceptors (Lipinski definition) is 5. The summed E-state index contributed by atoms with van der Waals surface area (Å²) >= 11 is 0. The van der Waals surface area contributed by atoms with Crippen LogP contribution < -0.4 is 10.6 Å². The SMILES string of the molecule is O=C(CN1CCCCC1)Nc1ccc2c(c1)C(=O)c1cc(NC(=O)CN3CCCCC3)ccc1-2. The fourth-order valence-corrected chi connectivity index (χ4v) is 5.28. The summed E-state index contributed by atoms with van der Waals surface area (Å²) in [5, 5.41) is 5.90. The van der Waals surface area contributed by atoms with Crippen LogP contribution in [0.3, 0.4) is 0 Å². The van der Waals surface area contributed by atoms with Crippen molar-refractivity contribution in [3.05, 3.63) is 47.5 Å². The van der Waals surface area contributed by atoms with Gasteiger partial charge in [-0.25, -0.2) is 0 Å². The number of likely N-dealkylation sites (tertiary alicyclic amines) is 2. The van der Waals surface area contributed by atoms with Gasteiger partial charge >= 0.3 is 0 Å². The van der Waals surface area contributed by atoms with E-state index in [2.05, 4.69) is 20.4 Å². The monoisotopic (exact) mass is 460 g/mol. The maximum Gasteiger partial charge on any atom is 0.238 e. The number of nitrogens with zero attached hydrogens (tertiary/aromatic N) is 2. The van der Waals surface area contributed by atoms with Crippen LogP contribution in [0.15, 0.2) is 36.4 Å². The van der Waals surface area contributed by atoms with Crippen molar-refractivity contribution in [1.29, 1.82) is 0 Å². The molecule has 2 aliphatic heterocycles. The zero-order valence-electron chi connectivity index (χ0n) is 19.6. The Kier molecular flexibility index (Phi) is 6.74. The predicted octanol–water partition coefficient (Wildman–Crippen LogP) is 3.75. The number of benzene rings is 2. The van der Waals surface area contributed by atoms with Crippen molar-refractivity contribution in [2.45, 2.75) is 38.5 Å². The van der Waals surface area contributed by atoms with E-state index in [0.29, 0.717) is 35.6 Å². The molecule has 0 atom stereocenters. The molecule has 34 heavy (non-hydrogen) atoms. The highest BCUT2D eigenvalue weighted by Gasteiger charge is 2.28. The lowest BCUT2D eigenvalue weighted by Gasteiger charge is -2.25. The van der Waals surface area contributed by atoms with Gasteiger partial charge in [0.2, 0.25) is 11.8 Å². The van der Waals surface area contributed by atoms with E-state index in [9.17, 15) is 14.4 Å². The van der Waals surface area contributed by atoms with E-state index in [1.165, 1.54) is 12.8 Å². The van der Waals surface area contributed by atoms with E-state index >= 15 is 0 Å². The lowest BCUT2D eigenvalue weighted by Crippen LogP contribution is -2.36. The van der Waals surface area contributed by atoms with Gasteiger partial charge in [-0.3, -0.25) is 24.2 Å². The van der Waals surface area contributed by atoms with Crippen LogP contribution in [0.25, 0.3) is 11.1 Å². The van der Waals surface area contributed by atoms with Crippen molar-refractivity contribution in [3.8, 4) is 11.1 Å². The number of ketones is 1. The molecule has 0 saturated carbocycles. The van der Waals surface area contributed by atoms with E-state index in [1.807, 2.05) is 24.3 Å². The van der Waals surface area contributed by atoms with Gasteiger partial charge in [0.25, 0.3) is 0 Å². The smallest absolute Gasteiger partial charge is 0.238 e. The number of piperidine rings is 2. The molecule has 178 valence electrons. The highest BCUT2D eigenvalue weighted by molar-refractivity contribution is 6.22. The van der Waals surface area contributed by atoms with E-state index in [0.717, 1.165) is 63.0 Å². The van der Waals surface area contributed by atoms with Crippen LogP contribution in [0.5, 0.6) is 0 Å². The minimum atomic E-state index is -0.0794. The summed E-state index contributed by atoms with van der Waals surface area (Å²) in [5.41, 5.74) is 4.17. The Balaban J connectivity index is 1.24. The molecule has 2 amide bonds. The van der Waals surface area contributed by atoms with Gasteiger partial charge in [-0.2, -0.15) is 0 Å². The molecule has 1 aliphatic carbocycles. The van der Waals surface area contributed by atoms with Crippen LogP contribution in [0.4, 0.5) is 11.4 Å². The molecule has 0 bridgehead atoms. The largest absolute Gasteiger partial charge is 0.325 e. The number of rotatable bonds is 6. The van der Waals surface area contributed by atoms with Gasteiger partial charge in [0.1, 0.15) is 0 Å². The van der Waals surface area contributed by atoms with Crippen molar-refractivity contribution < 1.29 is 14.4 Å². The molecule has 5 rings (SSSR count). The van der Waals surface area contributed by atoms with Crippen molar-refractivity contribution >= 4 is 29.0 Å². The summed E-state index contributed by atoms with van der Waals surface area (Å²) in [7, 11) is 0. The highest BCUT2D eigenvalue weighted by Crippen LogP contribution is 2.39. The topological polar surface area (TPSA) is 81.8 Å². The van der Waals surface area contributed by atoms with Gasteiger partial charge in [-0.05, 0) is 87.3 Å². The normalized spacial score (nSPS) is 18.3. The van der Waals surface area contributed by atoms with E-state index in [4.69, 9.17) is 0 Å². The van der Waals surface area contributed by atoms with Crippen LogP contribution in [0, 0.1) is 0 Å². The number of carbonyl (C=O) groups is 3. The fraction of sp³-hybridized carbons (Fsp3) is 0.444. The Morgan fingerprint density at radius 2 is 1.03 bits per heavy atom. The molecule has 7 heteroatoms. The molecule has 0 spiro atoms. The minimum Gasteiger partial charge on any atom is -0.325 e. The fourth-order valence-electron chi connectivity index (χ4n) is 5.28. The standard InChI is InChI=1S/C27H32N4O3/c32-25(17-30-11-3-1-4-12-30)28-19-7-9-21-22-10-8-20(16-24(22)27(34)23(21)15-19)29-26(33)18-31-13-5-2-6-14-31/h7-10,15-16H,1-6,11-14,17-18H2,(H,28,32)(H,29,33). The molecule has 2 N–H and O–H groups in total. The molecule has 3 aliphatic rings. The summed E-state index contributed by atoms with van der Waals surface area (Å²) in [6.45, 7) is 4.60. The van der Waals surface area contributed by atoms with Gasteiger partial charge < -0.3 is 10.6 Å². The van der Waals surface area contributed by atoms with E-state index < -0.39 is 0 Å². The number of hydrogen-bond donors (Lipinski definition) is 2. The van der Waals surface area contributed by atoms with Crippen LogP contribution in [0.1, 0.15) is 54.4 Å². The zero-order valence-corrected chi connectivity index (χ0v) is 19.6. The first-order valence-electron chi connectivity index (χ1n) is 12.4. The average molecular weight is 461 g/mol. The van der Waals surface area contributed by atoms with Crippen molar-refractivity contribution in [3.63, 3.8) is 0 Å². The van der Waals surface area contributed by atoms with Gasteiger partial charge in [-0.1, -0.05) is 25.0 Å². The minimum absolute atomic E-state index is 0.0523. The second-order valence-corrected chi connectivity index (χ2v) is 9.62. The molecule has 0 aromatic heterocycles. The Morgan fingerprint density at radius 3 is 1.44 bits per heavy atom. The van der Waals surface area contributed by atoms with Crippen LogP contribution in [0.2, 0.25) is 0 Å². The number of carbonyl (C=O) groups excluding carboxylic acids is 3. The summed E-state index contributed by atoms with van der Waals surface area (Å²) in [5.74, 6) is -0.184. The third-order valence-corrected chi connectivity index (χ3v) is 7.02. The molecular weight excluding hydrogens is 428 g/mol. The Morgan fingerprint density at radius 1 is 0.618 bits per heavy atom. The second-order valence-electron chi connectivity index (χ2n) is 9.62. The van der Waals surface area contributed by atoms with E-state index in [1.54, 1.807) is 12.1 Å². The summed E-state index contributed by atoms with van der Waals surface area (Å²) in [6.07, 6.45) is 7.02. The number of amides is 2. The highest BCUT2D eigenvalue weighted by atomic mass is 16.2. The van der Waals surface area contributed by atoms with Crippen LogP contribution in [-0.2, 0) is 9.59 Å². The van der Waals surface area contributed by atoms with Gasteiger partial charge in [-0.15, -0.1) is 0 Å². The summed E-state index contributed by atoms with van der Waals surface area (Å²) in [4.78, 5) is 42.5. The quantitative estimate of drug-likeness (QED) is 0.586. The molecular formula is C27H32N4O3. The maximum absolute atomic E-state index is 13.2. The average Bonchev–Trinajstić information content (AvgIpc) is 3.11. The van der Waals surface area contributed by atoms with Gasteiger partial charge in [0.15, 0.2) is 5.78 Å². The lowest BCUT2D eigenvalue weighted by molar-refractivity contribution is -0.118. The molecule has 7 nitrogen and oxygen atoms in total. The van der Waals surface area contributed by atoms with Crippen molar-refractivity contribution in [2.75, 3.05) is 49.9 Å². The second kappa shape index (κ2) is 10.1. The van der Waals surface area contributed by atoms with Crippen molar-refractivity contribution in [1.82, 2.24) is 9.80 Å². The molecule has 2 saturated heterocycles. The zero-order chi connectivity index (χ0) is 23.5. The third kappa shape index (κ3) is 5.05. The molecule has 2 aromatic carbocycles. The molecule has 0 radical (unpaired) electrons. The Bertz CT molecular complexity index is 1020. The first-order valence-corrected chi connectivity index (χ1v) is 12.4. The molecule has 2 heterocycles. The number of anilines is 2. The number of nitrogens with one attached hydrogen (secondary N) is 2. The van der Waals surface area contributed by atoms with Crippen molar-refractivity contribution in [2.24, 2.45) is 0 Å². The first-order chi connectivity index (χ1) is 16.6. The number of fused-ring (bicyclic) bond motifs is 3. The molecule has 2 aromatic rings. The van der Waals surface area contributed by atoms with Crippen LogP contribution >= 0.6 is 0 Å². The predicted molar refractivity (Wildman–Crippen MR) is 133 cm³/mol. The maximum atomic E-state index is 13.2. The first kappa shape index (κ1) is 22.7. The van der Waals surface area contributed by atoms with Crippen LogP contribution in [-0.4, -0.2) is 66.7 Å². The molecule has 0 unspecified atom stereocenters. The third-order valence-electron chi connectivity index (χ3n) is 7.02. The summed E-state index contributed by atoms with van der Waals surface area (Å²) in [6, 6.07) is 11.0. The summed E-state index contributed by atoms with van der Waals surface area (Å²) < 4.78 is 0. The lowest BCUT2D eigenvalue weighted by atomic mass is 10.0. The molecule has 2 fully saturated rings.